The van der Waals surface area contributed by atoms with Gasteiger partial charge in [-0.1, -0.05) is 42.5 Å². The highest BCUT2D eigenvalue weighted by Gasteiger charge is 2.02. The molecule has 4 nitrogen and oxygen atoms in total. The SMILES string of the molecule is COc1ccc(COc2cnn(Cc3ccccc3)c2)cc1. The number of aromatic nitrogens is 2. The first kappa shape index (κ1) is 14.2. The van der Waals surface area contributed by atoms with Crippen LogP contribution < -0.4 is 9.47 Å². The van der Waals surface area contributed by atoms with Crippen LogP contribution in [0.5, 0.6) is 11.5 Å². The van der Waals surface area contributed by atoms with Crippen molar-refractivity contribution in [2.75, 3.05) is 7.11 Å². The smallest absolute Gasteiger partial charge is 0.157 e. The monoisotopic (exact) mass is 294 g/mol. The van der Waals surface area contributed by atoms with Gasteiger partial charge in [-0.25, -0.2) is 0 Å². The Bertz CT molecular complexity index is 705. The number of rotatable bonds is 6. The maximum absolute atomic E-state index is 5.76. The van der Waals surface area contributed by atoms with Gasteiger partial charge in [-0.2, -0.15) is 5.10 Å². The van der Waals surface area contributed by atoms with Gasteiger partial charge in [-0.3, -0.25) is 4.68 Å². The fourth-order valence-electron chi connectivity index (χ4n) is 2.16. The fourth-order valence-corrected chi connectivity index (χ4v) is 2.16. The Kier molecular flexibility index (Phi) is 4.39. The first-order chi connectivity index (χ1) is 10.8. The first-order valence-corrected chi connectivity index (χ1v) is 7.15. The lowest BCUT2D eigenvalue weighted by Crippen LogP contribution is -1.99. The van der Waals surface area contributed by atoms with Gasteiger partial charge in [-0.05, 0) is 23.3 Å². The zero-order valence-electron chi connectivity index (χ0n) is 12.5. The molecule has 0 aliphatic rings. The standard InChI is InChI=1S/C18H18N2O2/c1-21-17-9-7-16(8-10-17)14-22-18-11-19-20(13-18)12-15-5-3-2-4-6-15/h2-11,13H,12,14H2,1H3. The van der Waals surface area contributed by atoms with E-state index in [0.717, 1.165) is 23.6 Å². The minimum Gasteiger partial charge on any atom is -0.497 e. The summed E-state index contributed by atoms with van der Waals surface area (Å²) in [5.74, 6) is 1.62. The van der Waals surface area contributed by atoms with E-state index in [4.69, 9.17) is 9.47 Å². The minimum atomic E-state index is 0.515. The van der Waals surface area contributed by atoms with Gasteiger partial charge in [0.1, 0.15) is 12.4 Å². The van der Waals surface area contributed by atoms with Crippen molar-refractivity contribution in [2.45, 2.75) is 13.2 Å². The van der Waals surface area contributed by atoms with Gasteiger partial charge in [-0.15, -0.1) is 0 Å². The summed E-state index contributed by atoms with van der Waals surface area (Å²) in [5.41, 5.74) is 2.31. The van der Waals surface area contributed by atoms with Crippen molar-refractivity contribution < 1.29 is 9.47 Å². The molecule has 0 bridgehead atoms. The lowest BCUT2D eigenvalue weighted by atomic mass is 10.2. The number of hydrogen-bond donors (Lipinski definition) is 0. The van der Waals surface area contributed by atoms with Gasteiger partial charge >= 0.3 is 0 Å². The van der Waals surface area contributed by atoms with E-state index >= 15 is 0 Å². The molecule has 0 atom stereocenters. The molecule has 0 amide bonds. The Morgan fingerprint density at radius 2 is 1.68 bits per heavy atom. The normalized spacial score (nSPS) is 10.4. The van der Waals surface area contributed by atoms with Crippen molar-refractivity contribution in [3.63, 3.8) is 0 Å². The van der Waals surface area contributed by atoms with Crippen LogP contribution in [0.2, 0.25) is 0 Å². The first-order valence-electron chi connectivity index (χ1n) is 7.15. The summed E-state index contributed by atoms with van der Waals surface area (Å²) in [4.78, 5) is 0. The molecule has 2 aromatic carbocycles. The summed E-state index contributed by atoms with van der Waals surface area (Å²) in [5, 5.41) is 4.32. The summed E-state index contributed by atoms with van der Waals surface area (Å²) in [6.45, 7) is 1.26. The average Bonchev–Trinajstić information content (AvgIpc) is 3.02. The summed E-state index contributed by atoms with van der Waals surface area (Å²) >= 11 is 0. The highest BCUT2D eigenvalue weighted by molar-refractivity contribution is 5.27. The van der Waals surface area contributed by atoms with E-state index in [1.165, 1.54) is 5.56 Å². The third-order valence-corrected chi connectivity index (χ3v) is 3.36. The molecular weight excluding hydrogens is 276 g/mol. The molecule has 0 fully saturated rings. The van der Waals surface area contributed by atoms with E-state index in [-0.39, 0.29) is 0 Å². The number of benzene rings is 2. The Balaban J connectivity index is 1.57. The van der Waals surface area contributed by atoms with Crippen LogP contribution in [0.1, 0.15) is 11.1 Å². The molecule has 1 heterocycles. The van der Waals surface area contributed by atoms with Crippen LogP contribution in [0.15, 0.2) is 67.0 Å². The van der Waals surface area contributed by atoms with Crippen LogP contribution in [0, 0.1) is 0 Å². The molecule has 3 aromatic rings. The van der Waals surface area contributed by atoms with Gasteiger partial charge in [0.2, 0.25) is 0 Å². The molecule has 0 saturated heterocycles. The van der Waals surface area contributed by atoms with Crippen LogP contribution in [0.4, 0.5) is 0 Å². The van der Waals surface area contributed by atoms with E-state index in [1.807, 2.05) is 53.3 Å². The van der Waals surface area contributed by atoms with Crippen LogP contribution in [0.3, 0.4) is 0 Å². The van der Waals surface area contributed by atoms with E-state index < -0.39 is 0 Å². The summed E-state index contributed by atoms with van der Waals surface area (Å²) in [7, 11) is 1.66. The van der Waals surface area contributed by atoms with E-state index in [2.05, 4.69) is 17.2 Å². The summed E-state index contributed by atoms with van der Waals surface area (Å²) in [6.07, 6.45) is 3.66. The predicted molar refractivity (Wildman–Crippen MR) is 85.1 cm³/mol. The van der Waals surface area contributed by atoms with E-state index in [9.17, 15) is 0 Å². The van der Waals surface area contributed by atoms with Crippen LogP contribution in [-0.4, -0.2) is 16.9 Å². The number of hydrogen-bond acceptors (Lipinski definition) is 3. The number of nitrogens with zero attached hydrogens (tertiary/aromatic N) is 2. The van der Waals surface area contributed by atoms with Gasteiger partial charge in [0.15, 0.2) is 5.75 Å². The third-order valence-electron chi connectivity index (χ3n) is 3.36. The van der Waals surface area contributed by atoms with Crippen molar-refractivity contribution in [1.29, 1.82) is 0 Å². The van der Waals surface area contributed by atoms with Crippen molar-refractivity contribution in [1.82, 2.24) is 9.78 Å². The zero-order valence-corrected chi connectivity index (χ0v) is 12.5. The van der Waals surface area contributed by atoms with Crippen LogP contribution in [0.25, 0.3) is 0 Å². The second kappa shape index (κ2) is 6.80. The second-order valence-electron chi connectivity index (χ2n) is 5.00. The largest absolute Gasteiger partial charge is 0.497 e. The Labute approximate surface area is 129 Å². The van der Waals surface area contributed by atoms with Crippen molar-refractivity contribution in [3.8, 4) is 11.5 Å². The number of methoxy groups -OCH3 is 1. The summed E-state index contributed by atoms with van der Waals surface area (Å²) in [6, 6.07) is 18.1. The summed E-state index contributed by atoms with van der Waals surface area (Å²) < 4.78 is 12.8. The molecule has 0 saturated carbocycles. The second-order valence-corrected chi connectivity index (χ2v) is 5.00. The van der Waals surface area contributed by atoms with Gasteiger partial charge in [0.05, 0.1) is 26.0 Å². The topological polar surface area (TPSA) is 36.3 Å². The van der Waals surface area contributed by atoms with Crippen LogP contribution in [-0.2, 0) is 13.2 Å². The van der Waals surface area contributed by atoms with Gasteiger partial charge in [0.25, 0.3) is 0 Å². The van der Waals surface area contributed by atoms with Crippen molar-refractivity contribution >= 4 is 0 Å². The molecule has 0 aliphatic heterocycles. The molecule has 22 heavy (non-hydrogen) atoms. The lowest BCUT2D eigenvalue weighted by Gasteiger charge is -2.05. The van der Waals surface area contributed by atoms with Gasteiger partial charge in [0, 0.05) is 0 Å². The third kappa shape index (κ3) is 3.67. The van der Waals surface area contributed by atoms with Crippen molar-refractivity contribution in [2.24, 2.45) is 0 Å². The van der Waals surface area contributed by atoms with Crippen LogP contribution >= 0.6 is 0 Å². The number of ether oxygens (including phenoxy) is 2. The quantitative estimate of drug-likeness (QED) is 0.698. The Hall–Kier alpha value is -2.75. The Morgan fingerprint density at radius 1 is 0.909 bits per heavy atom. The maximum atomic E-state index is 5.76. The molecule has 0 unspecified atom stereocenters. The maximum Gasteiger partial charge on any atom is 0.157 e. The molecule has 112 valence electrons. The highest BCUT2D eigenvalue weighted by atomic mass is 16.5. The molecular formula is C18H18N2O2. The molecule has 4 heteroatoms. The van der Waals surface area contributed by atoms with Gasteiger partial charge < -0.3 is 9.47 Å². The molecule has 0 aliphatic carbocycles. The molecule has 1 aromatic heterocycles. The average molecular weight is 294 g/mol. The molecule has 3 rings (SSSR count). The van der Waals surface area contributed by atoms with E-state index in [1.54, 1.807) is 13.3 Å². The van der Waals surface area contributed by atoms with Crippen molar-refractivity contribution in [3.05, 3.63) is 78.1 Å². The zero-order chi connectivity index (χ0) is 15.2. The lowest BCUT2D eigenvalue weighted by molar-refractivity contribution is 0.305. The fraction of sp³-hybridized carbons (Fsp3) is 0.167. The minimum absolute atomic E-state index is 0.515. The Morgan fingerprint density at radius 3 is 2.41 bits per heavy atom. The predicted octanol–water partition coefficient (Wildman–Crippen LogP) is 3.52. The molecule has 0 spiro atoms. The van der Waals surface area contributed by atoms with E-state index in [0.29, 0.717) is 6.61 Å². The molecule has 0 N–H and O–H groups in total. The molecule has 0 radical (unpaired) electrons. The highest BCUT2D eigenvalue weighted by Crippen LogP contribution is 2.15.